The molecule has 190 valence electrons. The minimum atomic E-state index is -1.15. The summed E-state index contributed by atoms with van der Waals surface area (Å²) in [6.45, 7) is -0.309. The lowest BCUT2D eigenvalue weighted by atomic mass is 9.83. The van der Waals surface area contributed by atoms with E-state index in [-0.39, 0.29) is 6.54 Å². The topological polar surface area (TPSA) is 141 Å². The lowest BCUT2D eigenvalue weighted by molar-refractivity contribution is -0.135. The average molecular weight is 559 g/mol. The molecular weight excluding hydrogens is 540 g/mol. The van der Waals surface area contributed by atoms with E-state index in [1.54, 1.807) is 48.5 Å². The summed E-state index contributed by atoms with van der Waals surface area (Å²) in [4.78, 5) is 64.6. The van der Waals surface area contributed by atoms with Gasteiger partial charge in [0.1, 0.15) is 17.5 Å². The third-order valence-corrected chi connectivity index (χ3v) is 9.03. The first-order chi connectivity index (χ1) is 17.7. The standard InChI is InChI=1S/C24H19ClN4O6S2/c1-35-14-8-6-13(7-9-14)27-15(30)10-28-22-19(37-24(28)34)16(11-2-4-12(25)5-3-11)17-18(36-22)21(32)29(20(17)31)23(26)33/h2-9,16-18H,10H2,1H3,(H2,26,33)(H,27,30). The van der Waals surface area contributed by atoms with E-state index in [0.717, 1.165) is 23.1 Å². The number of nitrogens with two attached hydrogens (primary N) is 1. The van der Waals surface area contributed by atoms with E-state index >= 15 is 0 Å². The number of thioether (sulfide) groups is 1. The van der Waals surface area contributed by atoms with Gasteiger partial charge >= 0.3 is 10.9 Å². The summed E-state index contributed by atoms with van der Waals surface area (Å²) in [6, 6.07) is 12.3. The van der Waals surface area contributed by atoms with Crippen LogP contribution in [0.5, 0.6) is 5.75 Å². The zero-order valence-electron chi connectivity index (χ0n) is 19.2. The van der Waals surface area contributed by atoms with Gasteiger partial charge in [-0.15, -0.1) is 0 Å². The van der Waals surface area contributed by atoms with Gasteiger partial charge in [0.25, 0.3) is 5.91 Å². The number of thiazole rings is 1. The van der Waals surface area contributed by atoms with Gasteiger partial charge < -0.3 is 15.8 Å². The molecule has 37 heavy (non-hydrogen) atoms. The first-order valence-electron chi connectivity index (χ1n) is 11.0. The number of halogens is 1. The van der Waals surface area contributed by atoms with Crippen molar-refractivity contribution >= 4 is 64.1 Å². The molecule has 5 rings (SSSR count). The molecule has 0 saturated carbocycles. The third kappa shape index (κ3) is 4.41. The lowest BCUT2D eigenvalue weighted by Gasteiger charge is -2.30. The Labute approximate surface area is 223 Å². The number of aromatic nitrogens is 1. The Bertz CT molecular complexity index is 1480. The maximum atomic E-state index is 13.2. The summed E-state index contributed by atoms with van der Waals surface area (Å²) in [5.41, 5.74) is 6.49. The van der Waals surface area contributed by atoms with Crippen LogP contribution in [0, 0.1) is 5.92 Å². The zero-order chi connectivity index (χ0) is 26.4. The number of urea groups is 1. The highest BCUT2D eigenvalue weighted by Crippen LogP contribution is 2.53. The molecule has 1 saturated heterocycles. The molecule has 0 spiro atoms. The van der Waals surface area contributed by atoms with Crippen molar-refractivity contribution in [3.05, 3.63) is 73.7 Å². The molecular formula is C24H19ClN4O6S2. The molecule has 13 heteroatoms. The van der Waals surface area contributed by atoms with Gasteiger partial charge in [-0.2, -0.15) is 4.90 Å². The number of amides is 5. The first kappa shape index (κ1) is 25.1. The molecule has 2 aromatic carbocycles. The summed E-state index contributed by atoms with van der Waals surface area (Å²) in [6.07, 6.45) is 0. The monoisotopic (exact) mass is 558 g/mol. The van der Waals surface area contributed by atoms with Crippen LogP contribution in [0.25, 0.3) is 0 Å². The Morgan fingerprint density at radius 1 is 1.05 bits per heavy atom. The molecule has 3 N–H and O–H groups in total. The maximum absolute atomic E-state index is 13.2. The maximum Gasteiger partial charge on any atom is 0.328 e. The molecule has 3 heterocycles. The largest absolute Gasteiger partial charge is 0.497 e. The number of nitrogens with zero attached hydrogens (tertiary/aromatic N) is 2. The van der Waals surface area contributed by atoms with E-state index in [1.165, 1.54) is 11.7 Å². The van der Waals surface area contributed by atoms with Crippen LogP contribution in [-0.4, -0.2) is 45.6 Å². The summed E-state index contributed by atoms with van der Waals surface area (Å²) in [5.74, 6) is -2.94. The molecule has 3 atom stereocenters. The van der Waals surface area contributed by atoms with E-state index in [0.29, 0.717) is 36.8 Å². The second-order valence-electron chi connectivity index (χ2n) is 8.34. The fraction of sp³-hybridized carbons (Fsp3) is 0.208. The van der Waals surface area contributed by atoms with Crippen LogP contribution >= 0.6 is 34.7 Å². The van der Waals surface area contributed by atoms with Crippen molar-refractivity contribution in [3.63, 3.8) is 0 Å². The predicted octanol–water partition coefficient (Wildman–Crippen LogP) is 2.88. The highest BCUT2D eigenvalue weighted by atomic mass is 35.5. The molecule has 0 aliphatic carbocycles. The highest BCUT2D eigenvalue weighted by molar-refractivity contribution is 8.00. The van der Waals surface area contributed by atoms with Crippen LogP contribution in [-0.2, 0) is 20.9 Å². The van der Waals surface area contributed by atoms with Gasteiger partial charge in [-0.3, -0.25) is 23.7 Å². The Balaban J connectivity index is 1.53. The number of benzene rings is 2. The minimum Gasteiger partial charge on any atom is -0.497 e. The van der Waals surface area contributed by atoms with Crippen molar-refractivity contribution in [1.82, 2.24) is 9.47 Å². The Morgan fingerprint density at radius 2 is 1.73 bits per heavy atom. The number of carbonyl (C=O) groups is 4. The van der Waals surface area contributed by atoms with Crippen LogP contribution in [0.1, 0.15) is 16.4 Å². The number of methoxy groups -OCH3 is 1. The van der Waals surface area contributed by atoms with Gasteiger partial charge in [0.05, 0.1) is 18.1 Å². The fourth-order valence-corrected chi connectivity index (χ4v) is 7.42. The molecule has 2 aliphatic rings. The Hall–Kier alpha value is -3.61. The summed E-state index contributed by atoms with van der Waals surface area (Å²) in [7, 11) is 1.53. The van der Waals surface area contributed by atoms with E-state index in [4.69, 9.17) is 22.1 Å². The highest BCUT2D eigenvalue weighted by Gasteiger charge is 2.57. The normalized spacial score (nSPS) is 20.4. The number of ether oxygens (including phenoxy) is 1. The summed E-state index contributed by atoms with van der Waals surface area (Å²) < 4.78 is 6.40. The van der Waals surface area contributed by atoms with Gasteiger partial charge in [-0.05, 0) is 42.0 Å². The van der Waals surface area contributed by atoms with Crippen molar-refractivity contribution in [2.45, 2.75) is 22.7 Å². The van der Waals surface area contributed by atoms with Crippen molar-refractivity contribution < 1.29 is 23.9 Å². The molecule has 0 radical (unpaired) electrons. The molecule has 2 aliphatic heterocycles. The van der Waals surface area contributed by atoms with Crippen molar-refractivity contribution in [1.29, 1.82) is 0 Å². The van der Waals surface area contributed by atoms with Crippen LogP contribution in [0.3, 0.4) is 0 Å². The number of nitrogens with one attached hydrogen (secondary N) is 1. The number of likely N-dealkylation sites (tertiary alicyclic amines) is 1. The Kier molecular flexibility index (Phi) is 6.56. The zero-order valence-corrected chi connectivity index (χ0v) is 21.6. The van der Waals surface area contributed by atoms with Gasteiger partial charge in [0, 0.05) is 21.5 Å². The second kappa shape index (κ2) is 9.69. The van der Waals surface area contributed by atoms with Crippen LogP contribution in [0.4, 0.5) is 10.5 Å². The number of imide groups is 3. The Morgan fingerprint density at radius 3 is 2.35 bits per heavy atom. The molecule has 3 unspecified atom stereocenters. The van der Waals surface area contributed by atoms with Gasteiger partial charge in [-0.25, -0.2) is 4.79 Å². The number of primary amides is 1. The van der Waals surface area contributed by atoms with Crippen LogP contribution in [0.2, 0.25) is 5.02 Å². The molecule has 5 amide bonds. The van der Waals surface area contributed by atoms with E-state index in [9.17, 15) is 24.0 Å². The molecule has 3 aromatic rings. The quantitative estimate of drug-likeness (QED) is 0.459. The number of anilines is 1. The molecule has 0 bridgehead atoms. The third-order valence-electron chi connectivity index (χ3n) is 6.17. The van der Waals surface area contributed by atoms with Gasteiger partial charge in [-0.1, -0.05) is 46.8 Å². The summed E-state index contributed by atoms with van der Waals surface area (Å²) >= 11 is 7.94. The minimum absolute atomic E-state index is 0.309. The van der Waals surface area contributed by atoms with Crippen molar-refractivity contribution in [3.8, 4) is 5.75 Å². The average Bonchev–Trinajstić information content (AvgIpc) is 3.31. The van der Waals surface area contributed by atoms with E-state index in [1.807, 2.05) is 0 Å². The first-order valence-corrected chi connectivity index (χ1v) is 13.0. The number of fused-ring (bicyclic) bond motifs is 2. The number of hydrogen-bond acceptors (Lipinski definition) is 8. The smallest absolute Gasteiger partial charge is 0.328 e. The van der Waals surface area contributed by atoms with Crippen LogP contribution in [0.15, 0.2) is 58.4 Å². The number of rotatable bonds is 5. The summed E-state index contributed by atoms with van der Waals surface area (Å²) in [5, 5.41) is 2.62. The van der Waals surface area contributed by atoms with Crippen molar-refractivity contribution in [2.24, 2.45) is 11.7 Å². The van der Waals surface area contributed by atoms with Gasteiger partial charge in [0.2, 0.25) is 11.8 Å². The van der Waals surface area contributed by atoms with Crippen molar-refractivity contribution in [2.75, 3.05) is 12.4 Å². The van der Waals surface area contributed by atoms with Gasteiger partial charge in [0.15, 0.2) is 0 Å². The molecule has 10 nitrogen and oxygen atoms in total. The van der Waals surface area contributed by atoms with E-state index < -0.39 is 45.7 Å². The van der Waals surface area contributed by atoms with Crippen LogP contribution < -0.4 is 20.7 Å². The lowest BCUT2D eigenvalue weighted by Crippen LogP contribution is -2.41. The van der Waals surface area contributed by atoms with E-state index in [2.05, 4.69) is 5.32 Å². The molecule has 1 fully saturated rings. The molecule has 1 aromatic heterocycles. The number of carbonyl (C=O) groups excluding carboxylic acids is 4. The number of hydrogen-bond donors (Lipinski definition) is 2. The second-order valence-corrected chi connectivity index (χ2v) is 10.9. The predicted molar refractivity (Wildman–Crippen MR) is 138 cm³/mol. The fourth-order valence-electron chi connectivity index (χ4n) is 4.52. The SMILES string of the molecule is COc1ccc(NC(=O)Cn2c3c(sc2=O)C(c2ccc(Cl)cc2)C2C(=O)N(C(N)=O)C(=O)C2S3)cc1.